The first-order valence-corrected chi connectivity index (χ1v) is 16.5. The molecule has 4 aromatic rings. The molecule has 254 valence electrons. The van der Waals surface area contributed by atoms with Crippen LogP contribution in [0, 0.1) is 5.82 Å². The molecule has 0 saturated heterocycles. The summed E-state index contributed by atoms with van der Waals surface area (Å²) >= 11 is 4.06. The molecule has 1 heterocycles. The fraction of sp³-hybridized carbons (Fsp3) is 0.324. The van der Waals surface area contributed by atoms with Gasteiger partial charge in [0, 0.05) is 29.2 Å². The Balaban J connectivity index is 1.70. The van der Waals surface area contributed by atoms with E-state index in [1.807, 2.05) is 79.1 Å². The number of esters is 1. The van der Waals surface area contributed by atoms with E-state index in [1.165, 1.54) is 19.2 Å². The van der Waals surface area contributed by atoms with Crippen LogP contribution in [-0.4, -0.2) is 63.7 Å². The number of aliphatic hydroxyl groups is 2. The van der Waals surface area contributed by atoms with Crippen LogP contribution in [0.4, 0.5) is 10.1 Å². The maximum Gasteiger partial charge on any atom is 0.329 e. The maximum atomic E-state index is 14.2. The van der Waals surface area contributed by atoms with Crippen molar-refractivity contribution in [3.8, 4) is 22.4 Å². The molecule has 0 fully saturated rings. The van der Waals surface area contributed by atoms with Gasteiger partial charge in [0.15, 0.2) is 0 Å². The SMILES string of the molecule is COC(=O)C(CS)NC(=O)C[C@H](O)C[C@H](O)CCn1c(-c2ccc(F)cc2)c(-c2ccccc2)c(C(=O)Nc2ccccc2)c1C(C)C. The van der Waals surface area contributed by atoms with Gasteiger partial charge in [0.1, 0.15) is 11.9 Å². The lowest BCUT2D eigenvalue weighted by Gasteiger charge is -2.21. The van der Waals surface area contributed by atoms with Crippen LogP contribution in [0.3, 0.4) is 0 Å². The molecule has 2 amide bonds. The van der Waals surface area contributed by atoms with Gasteiger partial charge in [-0.3, -0.25) is 9.59 Å². The molecule has 11 heteroatoms. The number of amides is 2. The summed E-state index contributed by atoms with van der Waals surface area (Å²) in [6.45, 7) is 4.22. The van der Waals surface area contributed by atoms with Gasteiger partial charge >= 0.3 is 5.97 Å². The van der Waals surface area contributed by atoms with E-state index in [9.17, 15) is 29.0 Å². The number of ether oxygens (including phenoxy) is 1. The average Bonchev–Trinajstić information content (AvgIpc) is 3.42. The average molecular weight is 676 g/mol. The quantitative estimate of drug-likeness (QED) is 0.0799. The molecule has 0 aliphatic heterocycles. The van der Waals surface area contributed by atoms with Crippen LogP contribution >= 0.6 is 12.6 Å². The van der Waals surface area contributed by atoms with Crippen molar-refractivity contribution in [2.24, 2.45) is 0 Å². The van der Waals surface area contributed by atoms with E-state index >= 15 is 0 Å². The second-order valence-corrected chi connectivity index (χ2v) is 12.2. The number of hydrogen-bond acceptors (Lipinski definition) is 7. The van der Waals surface area contributed by atoms with Crippen LogP contribution in [0.2, 0.25) is 0 Å². The molecule has 0 spiro atoms. The van der Waals surface area contributed by atoms with Crippen molar-refractivity contribution >= 4 is 36.1 Å². The lowest BCUT2D eigenvalue weighted by Crippen LogP contribution is -2.44. The minimum absolute atomic E-state index is 0.0267. The van der Waals surface area contributed by atoms with Crippen LogP contribution < -0.4 is 10.6 Å². The standard InChI is InChI=1S/C37H42FN3O6S/c1-23(2)34-33(36(45)39-27-12-8-5-9-13-27)32(24-10-6-4-7-11-24)35(25-14-16-26(38)17-15-25)41(34)19-18-28(42)20-29(43)21-31(44)40-30(22-48)37(46)47-3/h4-17,23,28-30,42-43,48H,18-22H2,1-3H3,(H,39,45)(H,40,44)/t28-,29-,30?/m1/s1. The van der Waals surface area contributed by atoms with E-state index < -0.39 is 35.9 Å². The number of carbonyl (C=O) groups is 3. The molecule has 0 aliphatic carbocycles. The van der Waals surface area contributed by atoms with E-state index in [0.29, 0.717) is 28.1 Å². The lowest BCUT2D eigenvalue weighted by atomic mass is 9.94. The topological polar surface area (TPSA) is 130 Å². The smallest absolute Gasteiger partial charge is 0.329 e. The summed E-state index contributed by atoms with van der Waals surface area (Å²) in [5, 5.41) is 27.2. The fourth-order valence-corrected chi connectivity index (χ4v) is 6.03. The molecule has 3 atom stereocenters. The zero-order valence-corrected chi connectivity index (χ0v) is 28.1. The Hall–Kier alpha value is -4.45. The molecule has 3 aromatic carbocycles. The van der Waals surface area contributed by atoms with Gasteiger partial charge in [-0.1, -0.05) is 62.4 Å². The number of hydrogen-bond donors (Lipinski definition) is 5. The first kappa shape index (κ1) is 36.4. The number of benzene rings is 3. The third kappa shape index (κ3) is 9.12. The summed E-state index contributed by atoms with van der Waals surface area (Å²) in [4.78, 5) is 38.4. The monoisotopic (exact) mass is 675 g/mol. The zero-order chi connectivity index (χ0) is 34.8. The molecular weight excluding hydrogens is 633 g/mol. The molecule has 0 aliphatic rings. The third-order valence-electron chi connectivity index (χ3n) is 7.94. The Labute approximate surface area is 285 Å². The molecular formula is C37H42FN3O6S. The van der Waals surface area contributed by atoms with Gasteiger partial charge in [0.2, 0.25) is 5.91 Å². The van der Waals surface area contributed by atoms with Gasteiger partial charge in [-0.25, -0.2) is 9.18 Å². The molecule has 48 heavy (non-hydrogen) atoms. The largest absolute Gasteiger partial charge is 0.467 e. The highest BCUT2D eigenvalue weighted by Crippen LogP contribution is 2.42. The van der Waals surface area contributed by atoms with Gasteiger partial charge < -0.3 is 30.2 Å². The van der Waals surface area contributed by atoms with Crippen molar-refractivity contribution in [2.45, 2.75) is 63.8 Å². The molecule has 0 saturated carbocycles. The highest BCUT2D eigenvalue weighted by atomic mass is 32.1. The molecule has 0 bridgehead atoms. The molecule has 1 aromatic heterocycles. The summed E-state index contributed by atoms with van der Waals surface area (Å²) < 4.78 is 20.8. The number of nitrogens with one attached hydrogen (secondary N) is 2. The summed E-state index contributed by atoms with van der Waals surface area (Å²) in [6, 6.07) is 23.8. The summed E-state index contributed by atoms with van der Waals surface area (Å²) in [6.07, 6.45) is -2.46. The highest BCUT2D eigenvalue weighted by Gasteiger charge is 2.31. The number of halogens is 1. The van der Waals surface area contributed by atoms with Gasteiger partial charge in [-0.2, -0.15) is 12.6 Å². The van der Waals surface area contributed by atoms with Gasteiger partial charge in [0.05, 0.1) is 37.0 Å². The normalized spacial score (nSPS) is 13.1. The number of methoxy groups -OCH3 is 1. The van der Waals surface area contributed by atoms with Crippen LogP contribution in [0.25, 0.3) is 22.4 Å². The van der Waals surface area contributed by atoms with E-state index in [4.69, 9.17) is 0 Å². The highest BCUT2D eigenvalue weighted by molar-refractivity contribution is 7.80. The van der Waals surface area contributed by atoms with Crippen LogP contribution in [0.1, 0.15) is 55.1 Å². The summed E-state index contributed by atoms with van der Waals surface area (Å²) in [7, 11) is 1.20. The van der Waals surface area contributed by atoms with Gasteiger partial charge in [-0.05, 0) is 66.3 Å². The van der Waals surface area contributed by atoms with E-state index in [-0.39, 0.29) is 43.4 Å². The Kier molecular flexibility index (Phi) is 13.0. The number of nitrogens with zero attached hydrogens (tertiary/aromatic N) is 1. The number of rotatable bonds is 15. The minimum atomic E-state index is -1.18. The number of aromatic nitrogens is 1. The number of aliphatic hydroxyl groups excluding tert-OH is 2. The molecule has 9 nitrogen and oxygen atoms in total. The fourth-order valence-electron chi connectivity index (χ4n) is 5.79. The molecule has 0 radical (unpaired) electrons. The summed E-state index contributed by atoms with van der Waals surface area (Å²) in [5.41, 5.74) is 4.68. The van der Waals surface area contributed by atoms with Crippen LogP contribution in [0.5, 0.6) is 0 Å². The van der Waals surface area contributed by atoms with Crippen LogP contribution in [-0.2, 0) is 20.9 Å². The van der Waals surface area contributed by atoms with Crippen LogP contribution in [0.15, 0.2) is 84.9 Å². The Morgan fingerprint density at radius 2 is 1.52 bits per heavy atom. The Morgan fingerprint density at radius 1 is 0.896 bits per heavy atom. The summed E-state index contributed by atoms with van der Waals surface area (Å²) in [5.74, 6) is -2.04. The van der Waals surface area contributed by atoms with Crippen molar-refractivity contribution in [2.75, 3.05) is 18.2 Å². The Bertz CT molecular complexity index is 1680. The Morgan fingerprint density at radius 3 is 2.10 bits per heavy atom. The molecule has 4 N–H and O–H groups in total. The number of para-hydroxylation sites is 1. The van der Waals surface area contributed by atoms with E-state index in [2.05, 4.69) is 28.0 Å². The van der Waals surface area contributed by atoms with Gasteiger partial charge in [-0.15, -0.1) is 0 Å². The van der Waals surface area contributed by atoms with Crippen molar-refractivity contribution in [3.63, 3.8) is 0 Å². The van der Waals surface area contributed by atoms with Crippen molar-refractivity contribution in [3.05, 3.63) is 102 Å². The number of thiol groups is 1. The number of anilines is 1. The van der Waals surface area contributed by atoms with Crippen molar-refractivity contribution in [1.82, 2.24) is 9.88 Å². The van der Waals surface area contributed by atoms with E-state index in [1.54, 1.807) is 12.1 Å². The maximum absolute atomic E-state index is 14.2. The molecule has 1 unspecified atom stereocenters. The van der Waals surface area contributed by atoms with Gasteiger partial charge in [0.25, 0.3) is 5.91 Å². The van der Waals surface area contributed by atoms with Crippen molar-refractivity contribution < 1.29 is 33.7 Å². The second kappa shape index (κ2) is 17.1. The predicted octanol–water partition coefficient (Wildman–Crippen LogP) is 5.82. The second-order valence-electron chi connectivity index (χ2n) is 11.8. The minimum Gasteiger partial charge on any atom is -0.467 e. The number of carbonyl (C=O) groups excluding carboxylic acids is 3. The molecule has 4 rings (SSSR count). The lowest BCUT2D eigenvalue weighted by molar-refractivity contribution is -0.144. The first-order valence-electron chi connectivity index (χ1n) is 15.8. The van der Waals surface area contributed by atoms with Crippen molar-refractivity contribution in [1.29, 1.82) is 0 Å². The zero-order valence-electron chi connectivity index (χ0n) is 27.2. The first-order chi connectivity index (χ1) is 23.0. The predicted molar refractivity (Wildman–Crippen MR) is 187 cm³/mol. The van der Waals surface area contributed by atoms with E-state index in [0.717, 1.165) is 11.3 Å². The third-order valence-corrected chi connectivity index (χ3v) is 8.31.